The molecule has 2 aromatic rings. The van der Waals surface area contributed by atoms with Crippen LogP contribution in [-0.4, -0.2) is 20.8 Å². The molecule has 1 unspecified atom stereocenters. The molecule has 0 fully saturated rings. The molecule has 0 spiro atoms. The lowest BCUT2D eigenvalue weighted by molar-refractivity contribution is 0.414. The summed E-state index contributed by atoms with van der Waals surface area (Å²) in [6, 6.07) is 13.9. The Morgan fingerprint density at radius 3 is 2.29 bits per heavy atom. The van der Waals surface area contributed by atoms with E-state index < -0.39 is 0 Å². The summed E-state index contributed by atoms with van der Waals surface area (Å²) in [4.78, 5) is 0. The van der Waals surface area contributed by atoms with Crippen LogP contribution in [-0.2, 0) is 6.42 Å². The number of hydrogen-bond donors (Lipinski definition) is 1. The Hall–Kier alpha value is -1.71. The predicted octanol–water partition coefficient (Wildman–Crippen LogP) is 3.64. The fourth-order valence-electron chi connectivity index (χ4n) is 2.33. The van der Waals surface area contributed by atoms with E-state index in [0.717, 1.165) is 17.7 Å². The number of ether oxygens (including phenoxy) is 2. The zero-order chi connectivity index (χ0) is 15.2. The first-order chi connectivity index (χ1) is 10.2. The molecule has 0 aliphatic rings. The van der Waals surface area contributed by atoms with Gasteiger partial charge in [0.15, 0.2) is 0 Å². The summed E-state index contributed by atoms with van der Waals surface area (Å²) in [6.07, 6.45) is 0.840. The first-order valence-electron chi connectivity index (χ1n) is 6.84. The van der Waals surface area contributed by atoms with Gasteiger partial charge in [-0.15, -0.1) is 0 Å². The van der Waals surface area contributed by atoms with Crippen molar-refractivity contribution in [1.29, 1.82) is 0 Å². The van der Waals surface area contributed by atoms with Gasteiger partial charge < -0.3 is 15.2 Å². The van der Waals surface area contributed by atoms with Crippen LogP contribution in [0.4, 0.5) is 0 Å². The van der Waals surface area contributed by atoms with E-state index in [0.29, 0.717) is 17.3 Å². The Bertz CT molecular complexity index is 584. The summed E-state index contributed by atoms with van der Waals surface area (Å²) in [5.41, 5.74) is 8.27. The molecule has 3 nitrogen and oxygen atoms in total. The van der Waals surface area contributed by atoms with Crippen molar-refractivity contribution < 1.29 is 9.47 Å². The van der Waals surface area contributed by atoms with E-state index in [1.54, 1.807) is 14.2 Å². The summed E-state index contributed by atoms with van der Waals surface area (Å²) in [5, 5.41) is 0.625. The number of benzene rings is 2. The molecule has 0 bridgehead atoms. The molecule has 0 heterocycles. The number of rotatable bonds is 6. The summed E-state index contributed by atoms with van der Waals surface area (Å²) in [7, 11) is 3.27. The van der Waals surface area contributed by atoms with Crippen LogP contribution < -0.4 is 15.2 Å². The molecule has 21 heavy (non-hydrogen) atoms. The van der Waals surface area contributed by atoms with Gasteiger partial charge in [0.2, 0.25) is 0 Å². The molecule has 0 saturated carbocycles. The lowest BCUT2D eigenvalue weighted by atomic mass is 9.92. The van der Waals surface area contributed by atoms with Gasteiger partial charge in [0.1, 0.15) is 11.5 Å². The van der Waals surface area contributed by atoms with Gasteiger partial charge in [-0.1, -0.05) is 29.8 Å². The highest BCUT2D eigenvalue weighted by Gasteiger charge is 2.12. The van der Waals surface area contributed by atoms with Gasteiger partial charge in [-0.25, -0.2) is 0 Å². The summed E-state index contributed by atoms with van der Waals surface area (Å²) in [6.45, 7) is 0.579. The lowest BCUT2D eigenvalue weighted by Gasteiger charge is -2.16. The lowest BCUT2D eigenvalue weighted by Crippen LogP contribution is -2.15. The molecular formula is C17H20ClNO2. The maximum Gasteiger partial charge on any atom is 0.137 e. The van der Waals surface area contributed by atoms with Crippen LogP contribution in [0, 0.1) is 0 Å². The maximum atomic E-state index is 6.17. The second-order valence-corrected chi connectivity index (χ2v) is 5.29. The largest absolute Gasteiger partial charge is 0.497 e. The Morgan fingerprint density at radius 1 is 1.05 bits per heavy atom. The van der Waals surface area contributed by atoms with Crippen molar-refractivity contribution >= 4 is 11.6 Å². The average molecular weight is 306 g/mol. The minimum Gasteiger partial charge on any atom is -0.497 e. The molecule has 112 valence electrons. The molecule has 0 saturated heterocycles. The molecule has 0 aliphatic heterocycles. The molecule has 2 N–H and O–H groups in total. The number of halogens is 1. The Labute approximate surface area is 130 Å². The standard InChI is InChI=1S/C17H20ClNO2/c1-20-15-6-4-13(5-7-15)14(11-19)9-12-3-8-17(21-2)16(18)10-12/h3-8,10,14H,9,11,19H2,1-2H3. The normalized spacial score (nSPS) is 12.0. The smallest absolute Gasteiger partial charge is 0.137 e. The van der Waals surface area contributed by atoms with Gasteiger partial charge in [0.05, 0.1) is 19.2 Å². The van der Waals surface area contributed by atoms with Crippen molar-refractivity contribution in [2.45, 2.75) is 12.3 Å². The van der Waals surface area contributed by atoms with Gasteiger partial charge in [-0.2, -0.15) is 0 Å². The summed E-state index contributed by atoms with van der Waals surface area (Å²) >= 11 is 6.17. The average Bonchev–Trinajstić information content (AvgIpc) is 2.53. The Morgan fingerprint density at radius 2 is 1.76 bits per heavy atom. The van der Waals surface area contributed by atoms with Gasteiger partial charge in [0, 0.05) is 5.92 Å². The predicted molar refractivity (Wildman–Crippen MR) is 86.5 cm³/mol. The third-order valence-corrected chi connectivity index (χ3v) is 3.87. The van der Waals surface area contributed by atoms with Gasteiger partial charge in [0.25, 0.3) is 0 Å². The molecule has 2 rings (SSSR count). The third kappa shape index (κ3) is 3.90. The molecular weight excluding hydrogens is 286 g/mol. The minimum absolute atomic E-state index is 0.250. The van der Waals surface area contributed by atoms with Crippen molar-refractivity contribution in [3.05, 3.63) is 58.6 Å². The highest BCUT2D eigenvalue weighted by atomic mass is 35.5. The second-order valence-electron chi connectivity index (χ2n) is 4.88. The van der Waals surface area contributed by atoms with Gasteiger partial charge >= 0.3 is 0 Å². The van der Waals surface area contributed by atoms with E-state index in [2.05, 4.69) is 12.1 Å². The number of methoxy groups -OCH3 is 2. The van der Waals surface area contributed by atoms with Gasteiger partial charge in [-0.3, -0.25) is 0 Å². The van der Waals surface area contributed by atoms with E-state index in [9.17, 15) is 0 Å². The Kier molecular flexibility index (Phi) is 5.48. The summed E-state index contributed by atoms with van der Waals surface area (Å²) < 4.78 is 10.4. The van der Waals surface area contributed by atoms with Crippen molar-refractivity contribution in [1.82, 2.24) is 0 Å². The van der Waals surface area contributed by atoms with E-state index >= 15 is 0 Å². The zero-order valence-electron chi connectivity index (χ0n) is 12.3. The zero-order valence-corrected chi connectivity index (χ0v) is 13.1. The Balaban J connectivity index is 2.16. The highest BCUT2D eigenvalue weighted by Crippen LogP contribution is 2.28. The van der Waals surface area contributed by atoms with E-state index in [4.69, 9.17) is 26.8 Å². The van der Waals surface area contributed by atoms with Gasteiger partial charge in [-0.05, 0) is 48.4 Å². The minimum atomic E-state index is 0.250. The molecule has 0 amide bonds. The SMILES string of the molecule is COc1ccc(C(CN)Cc2ccc(OC)c(Cl)c2)cc1. The number of nitrogens with two attached hydrogens (primary N) is 1. The monoisotopic (exact) mass is 305 g/mol. The van der Waals surface area contributed by atoms with Crippen molar-refractivity contribution in [3.63, 3.8) is 0 Å². The summed E-state index contributed by atoms with van der Waals surface area (Å²) in [5.74, 6) is 1.79. The van der Waals surface area contributed by atoms with Crippen LogP contribution in [0.25, 0.3) is 0 Å². The van der Waals surface area contributed by atoms with Crippen molar-refractivity contribution in [2.24, 2.45) is 5.73 Å². The van der Waals surface area contributed by atoms with Crippen LogP contribution in [0.3, 0.4) is 0 Å². The molecule has 0 aromatic heterocycles. The van der Waals surface area contributed by atoms with Crippen LogP contribution in [0.2, 0.25) is 5.02 Å². The molecule has 0 radical (unpaired) electrons. The molecule has 2 aromatic carbocycles. The first kappa shape index (κ1) is 15.7. The van der Waals surface area contributed by atoms with E-state index in [-0.39, 0.29) is 5.92 Å². The van der Waals surface area contributed by atoms with E-state index in [1.807, 2.05) is 30.3 Å². The fourth-order valence-corrected chi connectivity index (χ4v) is 2.62. The molecule has 4 heteroatoms. The quantitative estimate of drug-likeness (QED) is 0.886. The first-order valence-corrected chi connectivity index (χ1v) is 7.22. The van der Waals surface area contributed by atoms with E-state index in [1.165, 1.54) is 5.56 Å². The maximum absolute atomic E-state index is 6.17. The van der Waals surface area contributed by atoms with Crippen LogP contribution in [0.1, 0.15) is 17.0 Å². The van der Waals surface area contributed by atoms with Crippen LogP contribution in [0.15, 0.2) is 42.5 Å². The molecule has 1 atom stereocenters. The van der Waals surface area contributed by atoms with Crippen LogP contribution >= 0.6 is 11.6 Å². The fraction of sp³-hybridized carbons (Fsp3) is 0.294. The second kappa shape index (κ2) is 7.34. The highest BCUT2D eigenvalue weighted by molar-refractivity contribution is 6.32. The van der Waals surface area contributed by atoms with Crippen molar-refractivity contribution in [2.75, 3.05) is 20.8 Å². The third-order valence-electron chi connectivity index (χ3n) is 3.57. The molecule has 0 aliphatic carbocycles. The topological polar surface area (TPSA) is 44.5 Å². The van der Waals surface area contributed by atoms with Crippen molar-refractivity contribution in [3.8, 4) is 11.5 Å². The van der Waals surface area contributed by atoms with Crippen LogP contribution in [0.5, 0.6) is 11.5 Å². The number of hydrogen-bond acceptors (Lipinski definition) is 3.